The van der Waals surface area contributed by atoms with Crippen LogP contribution in [-0.4, -0.2) is 22.9 Å². The number of hydrogen-bond donors (Lipinski definition) is 0. The summed E-state index contributed by atoms with van der Waals surface area (Å²) in [5.74, 6) is -0.225. The molecule has 0 aliphatic carbocycles. The summed E-state index contributed by atoms with van der Waals surface area (Å²) in [7, 11) is 1.42. The molecule has 1 aromatic carbocycles. The van der Waals surface area contributed by atoms with Crippen LogP contribution in [0.2, 0.25) is 0 Å². The van der Waals surface area contributed by atoms with Crippen LogP contribution >= 0.6 is 0 Å². The first kappa shape index (κ1) is 12.6. The molecular weight excluding hydrogens is 228 g/mol. The van der Waals surface area contributed by atoms with Gasteiger partial charge in [-0.3, -0.25) is 4.68 Å². The molecule has 4 heteroatoms. The second kappa shape index (κ2) is 5.67. The number of esters is 1. The normalized spacial score (nSPS) is 12.6. The van der Waals surface area contributed by atoms with Gasteiger partial charge in [-0.25, -0.2) is 4.79 Å². The molecule has 2 rings (SSSR count). The van der Waals surface area contributed by atoms with E-state index in [9.17, 15) is 4.79 Å². The zero-order valence-electron chi connectivity index (χ0n) is 10.8. The van der Waals surface area contributed by atoms with Crippen LogP contribution in [0.1, 0.15) is 32.2 Å². The van der Waals surface area contributed by atoms with Gasteiger partial charge in [-0.1, -0.05) is 38.0 Å². The zero-order valence-corrected chi connectivity index (χ0v) is 10.8. The topological polar surface area (TPSA) is 44.1 Å². The van der Waals surface area contributed by atoms with E-state index in [0.29, 0.717) is 0 Å². The Morgan fingerprint density at radius 2 is 2.22 bits per heavy atom. The Morgan fingerprint density at radius 1 is 1.44 bits per heavy atom. The third-order valence-electron chi connectivity index (χ3n) is 3.10. The van der Waals surface area contributed by atoms with E-state index in [-0.39, 0.29) is 12.0 Å². The van der Waals surface area contributed by atoms with E-state index in [1.54, 1.807) is 10.9 Å². The number of aromatic nitrogens is 2. The number of benzene rings is 1. The summed E-state index contributed by atoms with van der Waals surface area (Å²) in [6.45, 7) is 2.11. The first-order chi connectivity index (χ1) is 8.77. The second-order valence-electron chi connectivity index (χ2n) is 4.33. The standard InChI is InChI=1S/C14H18N2O2/c1-3-4-8-13(14(17)18-2)16-12-9-6-5-7-11(12)10-15-16/h5-7,9-10,13H,3-4,8H2,1-2H3. The summed E-state index contributed by atoms with van der Waals surface area (Å²) < 4.78 is 6.66. The lowest BCUT2D eigenvalue weighted by Crippen LogP contribution is -2.21. The molecule has 0 spiro atoms. The minimum atomic E-state index is -0.324. The van der Waals surface area contributed by atoms with Gasteiger partial charge in [-0.05, 0) is 12.5 Å². The third-order valence-corrected chi connectivity index (χ3v) is 3.10. The number of carbonyl (C=O) groups excluding carboxylic acids is 1. The second-order valence-corrected chi connectivity index (χ2v) is 4.33. The first-order valence-corrected chi connectivity index (χ1v) is 6.28. The molecular formula is C14H18N2O2. The van der Waals surface area contributed by atoms with Crippen molar-refractivity contribution in [3.63, 3.8) is 0 Å². The Kier molecular flexibility index (Phi) is 3.97. The molecule has 0 fully saturated rings. The minimum absolute atomic E-state index is 0.225. The van der Waals surface area contributed by atoms with Crippen LogP contribution in [0.4, 0.5) is 0 Å². The number of hydrogen-bond acceptors (Lipinski definition) is 3. The molecule has 0 aliphatic rings. The molecule has 1 aromatic heterocycles. The van der Waals surface area contributed by atoms with Crippen molar-refractivity contribution in [1.29, 1.82) is 0 Å². The molecule has 0 amide bonds. The van der Waals surface area contributed by atoms with Crippen molar-refractivity contribution in [1.82, 2.24) is 9.78 Å². The molecule has 4 nitrogen and oxygen atoms in total. The molecule has 0 saturated heterocycles. The number of carbonyl (C=O) groups is 1. The van der Waals surface area contributed by atoms with Crippen molar-refractivity contribution in [3.8, 4) is 0 Å². The van der Waals surface area contributed by atoms with Crippen LogP contribution in [-0.2, 0) is 9.53 Å². The Hall–Kier alpha value is -1.84. The highest BCUT2D eigenvalue weighted by atomic mass is 16.5. The molecule has 0 saturated carbocycles. The highest BCUT2D eigenvalue weighted by Gasteiger charge is 2.22. The number of para-hydroxylation sites is 1. The lowest BCUT2D eigenvalue weighted by Gasteiger charge is -2.15. The Balaban J connectivity index is 2.37. The van der Waals surface area contributed by atoms with Gasteiger partial charge in [0.2, 0.25) is 0 Å². The van der Waals surface area contributed by atoms with E-state index in [0.717, 1.165) is 30.2 Å². The zero-order chi connectivity index (χ0) is 13.0. The number of methoxy groups -OCH3 is 1. The minimum Gasteiger partial charge on any atom is -0.467 e. The fourth-order valence-corrected chi connectivity index (χ4v) is 2.11. The van der Waals surface area contributed by atoms with Crippen molar-refractivity contribution < 1.29 is 9.53 Å². The van der Waals surface area contributed by atoms with Gasteiger partial charge in [0, 0.05) is 5.39 Å². The van der Waals surface area contributed by atoms with Gasteiger partial charge in [0.1, 0.15) is 6.04 Å². The van der Waals surface area contributed by atoms with Crippen molar-refractivity contribution in [3.05, 3.63) is 30.5 Å². The number of ether oxygens (including phenoxy) is 1. The lowest BCUT2D eigenvalue weighted by atomic mass is 10.1. The third kappa shape index (κ3) is 2.37. The fraction of sp³-hybridized carbons (Fsp3) is 0.429. The number of fused-ring (bicyclic) bond motifs is 1. The van der Waals surface area contributed by atoms with Gasteiger partial charge in [0.15, 0.2) is 0 Å². The molecule has 0 radical (unpaired) electrons. The summed E-state index contributed by atoms with van der Waals surface area (Å²) in [6, 6.07) is 7.56. The summed E-state index contributed by atoms with van der Waals surface area (Å²) in [5.41, 5.74) is 0.976. The predicted octanol–water partition coefficient (Wildman–Crippen LogP) is 2.94. The summed E-state index contributed by atoms with van der Waals surface area (Å²) in [6.07, 6.45) is 4.58. The van der Waals surface area contributed by atoms with Crippen molar-refractivity contribution in [2.24, 2.45) is 0 Å². The average molecular weight is 246 g/mol. The quantitative estimate of drug-likeness (QED) is 0.762. The van der Waals surface area contributed by atoms with Gasteiger partial charge in [0.25, 0.3) is 0 Å². The largest absolute Gasteiger partial charge is 0.467 e. The van der Waals surface area contributed by atoms with Gasteiger partial charge in [-0.2, -0.15) is 5.10 Å². The van der Waals surface area contributed by atoms with Crippen molar-refractivity contribution in [2.75, 3.05) is 7.11 Å². The highest BCUT2D eigenvalue weighted by Crippen LogP contribution is 2.22. The maximum absolute atomic E-state index is 11.9. The number of unbranched alkanes of at least 4 members (excludes halogenated alkanes) is 1. The Labute approximate surface area is 107 Å². The molecule has 0 bridgehead atoms. The first-order valence-electron chi connectivity index (χ1n) is 6.28. The van der Waals surface area contributed by atoms with Crippen LogP contribution < -0.4 is 0 Å². The smallest absolute Gasteiger partial charge is 0.330 e. The Bertz CT molecular complexity index is 533. The molecule has 2 aromatic rings. The predicted molar refractivity (Wildman–Crippen MR) is 70.3 cm³/mol. The maximum Gasteiger partial charge on any atom is 0.330 e. The molecule has 96 valence electrons. The van der Waals surface area contributed by atoms with Crippen LogP contribution in [0.5, 0.6) is 0 Å². The van der Waals surface area contributed by atoms with Gasteiger partial charge in [-0.15, -0.1) is 0 Å². The molecule has 18 heavy (non-hydrogen) atoms. The highest BCUT2D eigenvalue weighted by molar-refractivity contribution is 5.82. The van der Waals surface area contributed by atoms with Crippen molar-refractivity contribution >= 4 is 16.9 Å². The summed E-state index contributed by atoms with van der Waals surface area (Å²) in [4.78, 5) is 11.9. The van der Waals surface area contributed by atoms with E-state index >= 15 is 0 Å². The Morgan fingerprint density at radius 3 is 2.94 bits per heavy atom. The van der Waals surface area contributed by atoms with Gasteiger partial charge in [0.05, 0.1) is 18.8 Å². The van der Waals surface area contributed by atoms with E-state index in [2.05, 4.69) is 12.0 Å². The van der Waals surface area contributed by atoms with Gasteiger partial charge < -0.3 is 4.74 Å². The monoisotopic (exact) mass is 246 g/mol. The summed E-state index contributed by atoms with van der Waals surface area (Å²) >= 11 is 0. The van der Waals surface area contributed by atoms with E-state index < -0.39 is 0 Å². The van der Waals surface area contributed by atoms with E-state index in [1.165, 1.54) is 7.11 Å². The summed E-state index contributed by atoms with van der Waals surface area (Å²) in [5, 5.41) is 5.38. The van der Waals surface area contributed by atoms with Crippen LogP contribution in [0, 0.1) is 0 Å². The van der Waals surface area contributed by atoms with Crippen LogP contribution in [0.15, 0.2) is 30.5 Å². The van der Waals surface area contributed by atoms with Crippen LogP contribution in [0.3, 0.4) is 0 Å². The van der Waals surface area contributed by atoms with E-state index in [1.807, 2.05) is 24.3 Å². The molecule has 1 unspecified atom stereocenters. The van der Waals surface area contributed by atoms with Crippen LogP contribution in [0.25, 0.3) is 10.9 Å². The SMILES string of the molecule is CCCCC(C(=O)OC)n1ncc2ccccc21. The average Bonchev–Trinajstić information content (AvgIpc) is 2.83. The fourth-order valence-electron chi connectivity index (χ4n) is 2.11. The number of rotatable bonds is 5. The van der Waals surface area contributed by atoms with Gasteiger partial charge >= 0.3 is 5.97 Å². The maximum atomic E-state index is 11.9. The lowest BCUT2D eigenvalue weighted by molar-refractivity contribution is -0.145. The molecule has 1 heterocycles. The molecule has 0 aliphatic heterocycles. The number of nitrogens with zero attached hydrogens (tertiary/aromatic N) is 2. The molecule has 0 N–H and O–H groups in total. The van der Waals surface area contributed by atoms with Crippen molar-refractivity contribution in [2.45, 2.75) is 32.2 Å². The van der Waals surface area contributed by atoms with E-state index in [4.69, 9.17) is 4.74 Å². The molecule has 1 atom stereocenters.